The van der Waals surface area contributed by atoms with E-state index in [1.807, 2.05) is 0 Å². The zero-order chi connectivity index (χ0) is 19.8. The molecule has 2 unspecified atom stereocenters. The molecule has 0 amide bonds. The van der Waals surface area contributed by atoms with E-state index in [1.165, 1.54) is 13.0 Å². The minimum atomic E-state index is -4.66. The molecule has 140 valence electrons. The molecule has 2 aliphatic carbocycles. The van der Waals surface area contributed by atoms with Gasteiger partial charge in [-0.2, -0.15) is 22.8 Å². The molecule has 0 saturated heterocycles. The Balaban J connectivity index is 1.89. The zero-order valence-corrected chi connectivity index (χ0v) is 13.9. The molecule has 0 spiro atoms. The van der Waals surface area contributed by atoms with Crippen LogP contribution in [0.15, 0.2) is 30.3 Å². The molecule has 2 atom stereocenters. The van der Waals surface area contributed by atoms with E-state index in [0.29, 0.717) is 0 Å². The molecular formula is C19H12F5NO2. The fraction of sp³-hybridized carbons (Fsp3) is 0.316. The lowest BCUT2D eigenvalue weighted by atomic mass is 9.93. The number of ether oxygens (including phenoxy) is 1. The Hall–Kier alpha value is -2.66. The van der Waals surface area contributed by atoms with Gasteiger partial charge in [0.25, 0.3) is 0 Å². The number of nitriles is 1. The van der Waals surface area contributed by atoms with Gasteiger partial charge >= 0.3 is 11.8 Å². The van der Waals surface area contributed by atoms with E-state index in [1.54, 1.807) is 6.07 Å². The van der Waals surface area contributed by atoms with Gasteiger partial charge in [-0.3, -0.25) is 0 Å². The van der Waals surface area contributed by atoms with Gasteiger partial charge in [0.15, 0.2) is 5.60 Å². The Morgan fingerprint density at radius 3 is 2.56 bits per heavy atom. The molecule has 4 rings (SSSR count). The van der Waals surface area contributed by atoms with Gasteiger partial charge in [0.2, 0.25) is 0 Å². The van der Waals surface area contributed by atoms with Gasteiger partial charge in [0.05, 0.1) is 11.6 Å². The third kappa shape index (κ3) is 2.09. The van der Waals surface area contributed by atoms with Crippen LogP contribution in [0.1, 0.15) is 41.5 Å². The maximum Gasteiger partial charge on any atom is 0.346 e. The van der Waals surface area contributed by atoms with E-state index in [4.69, 9.17) is 10.00 Å². The molecule has 0 fully saturated rings. The van der Waals surface area contributed by atoms with Gasteiger partial charge in [-0.25, -0.2) is 4.39 Å². The zero-order valence-electron chi connectivity index (χ0n) is 13.9. The molecule has 0 aliphatic heterocycles. The average Bonchev–Trinajstić information content (AvgIpc) is 2.92. The van der Waals surface area contributed by atoms with Crippen LogP contribution in [0.3, 0.4) is 0 Å². The summed E-state index contributed by atoms with van der Waals surface area (Å²) in [5.41, 5.74) is -4.45. The summed E-state index contributed by atoms with van der Waals surface area (Å²) in [4.78, 5) is 0. The minimum absolute atomic E-state index is 0.0230. The SMILES string of the molecule is CC1CC2(O)c3c(ccc(Oc4cc(F)cc(C#N)c4)c31)C(F)(F)C2(F)F. The molecule has 0 aromatic heterocycles. The van der Waals surface area contributed by atoms with Crippen molar-refractivity contribution in [3.63, 3.8) is 0 Å². The fourth-order valence-corrected chi connectivity index (χ4v) is 4.06. The normalized spacial score (nSPS) is 26.5. The molecule has 3 nitrogen and oxygen atoms in total. The van der Waals surface area contributed by atoms with Crippen LogP contribution >= 0.6 is 0 Å². The van der Waals surface area contributed by atoms with Gasteiger partial charge in [-0.05, 0) is 36.6 Å². The summed E-state index contributed by atoms with van der Waals surface area (Å²) in [7, 11) is 0. The van der Waals surface area contributed by atoms with Gasteiger partial charge in [0, 0.05) is 22.8 Å². The lowest BCUT2D eigenvalue weighted by Crippen LogP contribution is -2.48. The van der Waals surface area contributed by atoms with Gasteiger partial charge in [-0.15, -0.1) is 0 Å². The molecule has 2 aromatic rings. The smallest absolute Gasteiger partial charge is 0.346 e. The third-order valence-electron chi connectivity index (χ3n) is 5.19. The molecule has 0 bridgehead atoms. The first kappa shape index (κ1) is 17.7. The lowest BCUT2D eigenvalue weighted by Gasteiger charge is -2.30. The Morgan fingerprint density at radius 2 is 1.89 bits per heavy atom. The molecule has 0 heterocycles. The number of hydrogen-bond acceptors (Lipinski definition) is 3. The van der Waals surface area contributed by atoms with Gasteiger partial charge < -0.3 is 9.84 Å². The Labute approximate surface area is 150 Å². The maximum absolute atomic E-state index is 14.4. The van der Waals surface area contributed by atoms with Crippen LogP contribution in [-0.2, 0) is 11.5 Å². The van der Waals surface area contributed by atoms with Crippen LogP contribution in [0, 0.1) is 17.1 Å². The van der Waals surface area contributed by atoms with E-state index in [2.05, 4.69) is 0 Å². The highest BCUT2D eigenvalue weighted by Crippen LogP contribution is 2.68. The first-order chi connectivity index (χ1) is 12.5. The number of aliphatic hydroxyl groups is 1. The number of alkyl halides is 4. The fourth-order valence-electron chi connectivity index (χ4n) is 4.06. The summed E-state index contributed by atoms with van der Waals surface area (Å²) < 4.78 is 76.3. The van der Waals surface area contributed by atoms with Crippen molar-refractivity contribution >= 4 is 0 Å². The van der Waals surface area contributed by atoms with Crippen LogP contribution in [0.5, 0.6) is 11.5 Å². The van der Waals surface area contributed by atoms with Crippen molar-refractivity contribution in [2.75, 3.05) is 0 Å². The van der Waals surface area contributed by atoms with Gasteiger partial charge in [-0.1, -0.05) is 6.92 Å². The first-order valence-corrected chi connectivity index (χ1v) is 8.07. The Bertz CT molecular complexity index is 1010. The highest BCUT2D eigenvalue weighted by molar-refractivity contribution is 5.61. The van der Waals surface area contributed by atoms with Crippen molar-refractivity contribution in [2.45, 2.75) is 36.7 Å². The topological polar surface area (TPSA) is 53.2 Å². The predicted molar refractivity (Wildman–Crippen MR) is 83.4 cm³/mol. The predicted octanol–water partition coefficient (Wildman–Crippen LogP) is 4.93. The van der Waals surface area contributed by atoms with E-state index < -0.39 is 46.7 Å². The summed E-state index contributed by atoms with van der Waals surface area (Å²) >= 11 is 0. The minimum Gasteiger partial charge on any atom is -0.457 e. The van der Waals surface area contributed by atoms with Crippen LogP contribution in [0.2, 0.25) is 0 Å². The summed E-state index contributed by atoms with van der Waals surface area (Å²) in [6, 6.07) is 6.84. The van der Waals surface area contributed by atoms with Crippen molar-refractivity contribution in [3.05, 3.63) is 58.4 Å². The summed E-state index contributed by atoms with van der Waals surface area (Å²) in [6.45, 7) is 1.51. The second-order valence-electron chi connectivity index (χ2n) is 6.90. The van der Waals surface area contributed by atoms with Crippen molar-refractivity contribution < 1.29 is 31.8 Å². The van der Waals surface area contributed by atoms with Crippen LogP contribution in [0.4, 0.5) is 22.0 Å². The molecule has 0 saturated carbocycles. The van der Waals surface area contributed by atoms with E-state index in [0.717, 1.165) is 24.3 Å². The average molecular weight is 381 g/mol. The van der Waals surface area contributed by atoms with Crippen molar-refractivity contribution in [1.82, 2.24) is 0 Å². The van der Waals surface area contributed by atoms with E-state index in [9.17, 15) is 27.1 Å². The van der Waals surface area contributed by atoms with Crippen LogP contribution in [-0.4, -0.2) is 11.0 Å². The molecule has 8 heteroatoms. The van der Waals surface area contributed by atoms with Crippen molar-refractivity contribution in [3.8, 4) is 17.6 Å². The lowest BCUT2D eigenvalue weighted by molar-refractivity contribution is -0.286. The monoisotopic (exact) mass is 381 g/mol. The third-order valence-corrected chi connectivity index (χ3v) is 5.19. The number of rotatable bonds is 2. The second-order valence-corrected chi connectivity index (χ2v) is 6.90. The molecule has 2 aliphatic rings. The standard InChI is InChI=1S/C19H12F5NO2/c1-9-7-17(26)16-13(18(21,22)19(17,23)24)2-3-14(15(9)16)27-12-5-10(8-25)4-11(20)6-12/h2-6,9,26H,7H2,1H3. The van der Waals surface area contributed by atoms with E-state index in [-0.39, 0.29) is 22.6 Å². The quantitative estimate of drug-likeness (QED) is 0.751. The van der Waals surface area contributed by atoms with Crippen molar-refractivity contribution in [1.29, 1.82) is 5.26 Å². The Morgan fingerprint density at radius 1 is 1.19 bits per heavy atom. The van der Waals surface area contributed by atoms with Crippen LogP contribution in [0.25, 0.3) is 0 Å². The highest BCUT2D eigenvalue weighted by atomic mass is 19.3. The number of halogens is 5. The molecule has 2 aromatic carbocycles. The molecule has 0 radical (unpaired) electrons. The maximum atomic E-state index is 14.4. The first-order valence-electron chi connectivity index (χ1n) is 8.07. The largest absolute Gasteiger partial charge is 0.457 e. The molecule has 27 heavy (non-hydrogen) atoms. The van der Waals surface area contributed by atoms with Gasteiger partial charge in [0.1, 0.15) is 17.3 Å². The van der Waals surface area contributed by atoms with E-state index >= 15 is 0 Å². The summed E-state index contributed by atoms with van der Waals surface area (Å²) in [5.74, 6) is -10.7. The van der Waals surface area contributed by atoms with Crippen LogP contribution < -0.4 is 4.74 Å². The van der Waals surface area contributed by atoms with Crippen molar-refractivity contribution in [2.24, 2.45) is 0 Å². The number of hydrogen-bond donors (Lipinski definition) is 1. The Kier molecular flexibility index (Phi) is 3.41. The summed E-state index contributed by atoms with van der Waals surface area (Å²) in [5, 5.41) is 19.4. The summed E-state index contributed by atoms with van der Waals surface area (Å²) in [6.07, 6.45) is -0.592. The number of benzene rings is 2. The molecular weight excluding hydrogens is 369 g/mol. The highest BCUT2D eigenvalue weighted by Gasteiger charge is 2.78. The molecule has 1 N–H and O–H groups in total. The number of nitrogens with zero attached hydrogens (tertiary/aromatic N) is 1. The second kappa shape index (κ2) is 5.20.